The number of rotatable bonds is 1. The van der Waals surface area contributed by atoms with Crippen LogP contribution in [0.2, 0.25) is 0 Å². The first-order valence-corrected chi connectivity index (χ1v) is 7.29. The van der Waals surface area contributed by atoms with Crippen LogP contribution in [0.25, 0.3) is 0 Å². The minimum atomic E-state index is 0.923. The summed E-state index contributed by atoms with van der Waals surface area (Å²) in [4.78, 5) is 0. The molecule has 0 aliphatic rings. The molecule has 0 saturated carbocycles. The SMILES string of the molecule is COC(C)=[Si]=[Si]=[SiH2]. The molecule has 0 spiro atoms. The molecule has 0 aromatic rings. The van der Waals surface area contributed by atoms with E-state index in [4.69, 9.17) is 4.74 Å². The van der Waals surface area contributed by atoms with Gasteiger partial charge in [0.05, 0.1) is 7.11 Å². The Hall–Kier alpha value is 0.321. The maximum absolute atomic E-state index is 4.93. The van der Waals surface area contributed by atoms with Crippen LogP contribution in [0.5, 0.6) is 0 Å². The Morgan fingerprint density at radius 2 is 2.29 bits per heavy atom. The predicted octanol–water partition coefficient (Wildman–Crippen LogP) is -1.35. The van der Waals surface area contributed by atoms with Gasteiger partial charge in [0.25, 0.3) is 0 Å². The first kappa shape index (κ1) is 7.32. The number of methoxy groups -OCH3 is 1. The van der Waals surface area contributed by atoms with E-state index in [-0.39, 0.29) is 0 Å². The Labute approximate surface area is 50.0 Å². The largest absolute Gasteiger partial charge is 0.500 e. The van der Waals surface area contributed by atoms with Gasteiger partial charge in [0.2, 0.25) is 0 Å². The molecule has 0 amide bonds. The van der Waals surface area contributed by atoms with E-state index < -0.39 is 0 Å². The highest BCUT2D eigenvalue weighted by Crippen LogP contribution is 1.60. The highest BCUT2D eigenvalue weighted by Gasteiger charge is 1.70. The first-order valence-electron chi connectivity index (χ1n) is 1.97. The van der Waals surface area contributed by atoms with Crippen LogP contribution >= 0.6 is 0 Å². The van der Waals surface area contributed by atoms with Crippen molar-refractivity contribution in [2.75, 3.05) is 7.11 Å². The number of hydrogen-bond donors (Lipinski definition) is 0. The second-order valence-corrected chi connectivity index (χ2v) is 7.36. The van der Waals surface area contributed by atoms with Crippen molar-refractivity contribution in [1.82, 2.24) is 0 Å². The molecule has 0 aromatic carbocycles. The van der Waals surface area contributed by atoms with E-state index in [9.17, 15) is 0 Å². The molecule has 0 bridgehead atoms. The molecule has 0 N–H and O–H groups in total. The minimum absolute atomic E-state index is 0.923. The van der Waals surface area contributed by atoms with E-state index in [1.54, 1.807) is 7.11 Å². The van der Waals surface area contributed by atoms with E-state index in [0.717, 1.165) is 15.9 Å². The molecular formula is C3H8OSi3. The fourth-order valence-corrected chi connectivity index (χ4v) is 3.82. The molecule has 0 aromatic heterocycles. The average Bonchev–Trinajstić information content (AvgIpc) is 1.68. The molecule has 0 fully saturated rings. The van der Waals surface area contributed by atoms with Crippen molar-refractivity contribution in [3.63, 3.8) is 0 Å². The predicted molar refractivity (Wildman–Crippen MR) is 37.7 cm³/mol. The minimum Gasteiger partial charge on any atom is -0.500 e. The number of hydrogen-bond acceptors (Lipinski definition) is 1. The Balaban J connectivity index is 4.01. The second kappa shape index (κ2) is 4.48. The molecule has 1 nitrogen and oxygen atoms in total. The van der Waals surface area contributed by atoms with Gasteiger partial charge in [0, 0.05) is 8.23 Å². The van der Waals surface area contributed by atoms with Crippen molar-refractivity contribution in [2.45, 2.75) is 6.92 Å². The number of ether oxygens (including phenoxy) is 1. The molecule has 0 heterocycles. The molecule has 0 atom stereocenters. The smallest absolute Gasteiger partial charge is 0.103 e. The zero-order valence-corrected chi connectivity index (χ0v) is 8.03. The van der Waals surface area contributed by atoms with Gasteiger partial charge < -0.3 is 4.74 Å². The molecule has 0 aliphatic carbocycles. The van der Waals surface area contributed by atoms with Crippen molar-refractivity contribution in [3.8, 4) is 0 Å². The third kappa shape index (κ3) is 4.17. The monoisotopic (exact) mass is 144 g/mol. The second-order valence-electron chi connectivity index (χ2n) is 1.06. The van der Waals surface area contributed by atoms with Crippen molar-refractivity contribution < 1.29 is 4.74 Å². The molecule has 0 radical (unpaired) electrons. The van der Waals surface area contributed by atoms with Gasteiger partial charge in [0.1, 0.15) is 5.35 Å². The van der Waals surface area contributed by atoms with Gasteiger partial charge in [-0.15, -0.1) is 0 Å². The summed E-state index contributed by atoms with van der Waals surface area (Å²) < 4.78 is 4.93. The maximum atomic E-state index is 4.93. The zero-order valence-electron chi connectivity index (χ0n) is 4.62. The molecule has 0 aliphatic heterocycles. The van der Waals surface area contributed by atoms with Crippen molar-refractivity contribution >= 4 is 30.6 Å². The van der Waals surface area contributed by atoms with Crippen LogP contribution in [0.4, 0.5) is 0 Å². The Bertz CT molecular complexity index is 129. The lowest BCUT2D eigenvalue weighted by Crippen LogP contribution is -1.95. The van der Waals surface area contributed by atoms with E-state index in [2.05, 4.69) is 0 Å². The van der Waals surface area contributed by atoms with Crippen molar-refractivity contribution in [1.29, 1.82) is 0 Å². The first-order chi connectivity index (χ1) is 3.31. The lowest BCUT2D eigenvalue weighted by Gasteiger charge is -1.88. The van der Waals surface area contributed by atoms with Crippen molar-refractivity contribution in [3.05, 3.63) is 0 Å². The standard InChI is InChI=1S/C3H8OSi3/c1-3(4-2)6-7-5/h5H2,1-2H3. The third-order valence-electron chi connectivity index (χ3n) is 0.571. The summed E-state index contributed by atoms with van der Waals surface area (Å²) in [6.45, 7) is 2.03. The van der Waals surface area contributed by atoms with Crippen molar-refractivity contribution in [2.24, 2.45) is 0 Å². The van der Waals surface area contributed by atoms with E-state index in [1.807, 2.05) is 16.3 Å². The zero-order chi connectivity index (χ0) is 5.70. The van der Waals surface area contributed by atoms with Crippen LogP contribution < -0.4 is 0 Å². The summed E-state index contributed by atoms with van der Waals surface area (Å²) in [6.07, 6.45) is 0. The average molecular weight is 144 g/mol. The Morgan fingerprint density at radius 3 is 2.43 bits per heavy atom. The quantitative estimate of drug-likeness (QED) is 0.414. The molecule has 7 heavy (non-hydrogen) atoms. The van der Waals surface area contributed by atoms with Gasteiger partial charge in [0.15, 0.2) is 0 Å². The molecular weight excluding hydrogens is 136 g/mol. The summed E-state index contributed by atoms with van der Waals surface area (Å²) in [6, 6.07) is 0. The lowest BCUT2D eigenvalue weighted by molar-refractivity contribution is 0.410. The highest BCUT2D eigenvalue weighted by molar-refractivity contribution is 6.86. The van der Waals surface area contributed by atoms with Crippen LogP contribution in [0.3, 0.4) is 0 Å². The van der Waals surface area contributed by atoms with Crippen LogP contribution in [0.15, 0.2) is 0 Å². The summed E-state index contributed by atoms with van der Waals surface area (Å²) in [5.41, 5.74) is 0. The van der Waals surface area contributed by atoms with E-state index in [0.29, 0.717) is 0 Å². The van der Waals surface area contributed by atoms with E-state index in [1.165, 1.54) is 5.35 Å². The van der Waals surface area contributed by atoms with Gasteiger partial charge in [-0.2, -0.15) is 0 Å². The van der Waals surface area contributed by atoms with Crippen LogP contribution in [0, 0.1) is 0 Å². The van der Waals surface area contributed by atoms with Gasteiger partial charge in [-0.25, -0.2) is 0 Å². The van der Waals surface area contributed by atoms with Gasteiger partial charge in [-0.05, 0) is 16.3 Å². The summed E-state index contributed by atoms with van der Waals surface area (Å²) in [5, 5.41) is 1.17. The molecule has 0 saturated heterocycles. The third-order valence-corrected chi connectivity index (χ3v) is 4.48. The molecule has 0 rings (SSSR count). The maximum Gasteiger partial charge on any atom is 0.103 e. The topological polar surface area (TPSA) is 9.23 Å². The molecule has 38 valence electrons. The summed E-state index contributed by atoms with van der Waals surface area (Å²) >= 11 is 0. The van der Waals surface area contributed by atoms with Gasteiger partial charge in [-0.3, -0.25) is 0 Å². The molecule has 4 heteroatoms. The van der Waals surface area contributed by atoms with Crippen LogP contribution in [0.1, 0.15) is 6.92 Å². The van der Waals surface area contributed by atoms with Crippen LogP contribution in [-0.2, 0) is 4.74 Å². The fraction of sp³-hybridized carbons (Fsp3) is 0.667. The fourth-order valence-electron chi connectivity index (χ4n) is 0.176. The highest BCUT2D eigenvalue weighted by atomic mass is 29.1. The van der Waals surface area contributed by atoms with Gasteiger partial charge >= 0.3 is 0 Å². The van der Waals surface area contributed by atoms with Gasteiger partial charge in [-0.1, -0.05) is 7.71 Å². The normalized spacial score (nSPS) is 6.00. The Kier molecular flexibility index (Phi) is 4.68. The molecule has 0 unspecified atom stereocenters. The van der Waals surface area contributed by atoms with Crippen LogP contribution in [-0.4, -0.2) is 37.7 Å². The summed E-state index contributed by atoms with van der Waals surface area (Å²) in [7, 11) is 5.70. The lowest BCUT2D eigenvalue weighted by atomic mass is 10.9. The van der Waals surface area contributed by atoms with E-state index >= 15 is 0 Å². The summed E-state index contributed by atoms with van der Waals surface area (Å²) in [5.74, 6) is 0. The Morgan fingerprint density at radius 1 is 1.71 bits per heavy atom.